The molecule has 0 aliphatic carbocycles. The maximum absolute atomic E-state index is 12.3. The Morgan fingerprint density at radius 1 is 0.889 bits per heavy atom. The molecule has 0 unspecified atom stereocenters. The van der Waals surface area contributed by atoms with Gasteiger partial charge in [0.25, 0.3) is 0 Å². The van der Waals surface area contributed by atoms with E-state index >= 15 is 0 Å². The van der Waals surface area contributed by atoms with Gasteiger partial charge in [-0.3, -0.25) is 0 Å². The van der Waals surface area contributed by atoms with Crippen molar-refractivity contribution in [3.63, 3.8) is 0 Å². The van der Waals surface area contributed by atoms with E-state index in [1.807, 2.05) is 6.92 Å². The van der Waals surface area contributed by atoms with Gasteiger partial charge in [-0.25, -0.2) is 8.42 Å². The van der Waals surface area contributed by atoms with Crippen LogP contribution in [0.25, 0.3) is 0 Å². The Balaban J connectivity index is 2.36. The van der Waals surface area contributed by atoms with Gasteiger partial charge in [0.15, 0.2) is 0 Å². The second-order valence-electron chi connectivity index (χ2n) is 3.72. The summed E-state index contributed by atoms with van der Waals surface area (Å²) in [6.45, 7) is 2.44. The van der Waals surface area contributed by atoms with Crippen molar-refractivity contribution in [1.82, 2.24) is 0 Å². The van der Waals surface area contributed by atoms with Crippen LogP contribution < -0.4 is 4.74 Å². The molecule has 2 rings (SSSR count). The van der Waals surface area contributed by atoms with Crippen molar-refractivity contribution in [2.45, 2.75) is 16.7 Å². The zero-order valence-corrected chi connectivity index (χ0v) is 10.9. The van der Waals surface area contributed by atoms with Crippen LogP contribution in [0, 0.1) is 0 Å². The van der Waals surface area contributed by atoms with Crippen molar-refractivity contribution >= 4 is 9.84 Å². The highest BCUT2D eigenvalue weighted by atomic mass is 32.2. The smallest absolute Gasteiger partial charge is 0.206 e. The summed E-state index contributed by atoms with van der Waals surface area (Å²) in [5.41, 5.74) is 0. The predicted octanol–water partition coefficient (Wildman–Crippen LogP) is 2.92. The molecule has 0 radical (unpaired) electrons. The molecule has 0 aromatic heterocycles. The van der Waals surface area contributed by atoms with Crippen LogP contribution in [0.3, 0.4) is 0 Å². The Morgan fingerprint density at radius 2 is 1.44 bits per heavy atom. The minimum atomic E-state index is -3.43. The molecule has 0 aliphatic heterocycles. The number of ether oxygens (including phenoxy) is 1. The van der Waals surface area contributed by atoms with Gasteiger partial charge in [0.1, 0.15) is 5.75 Å². The van der Waals surface area contributed by atoms with E-state index in [1.54, 1.807) is 54.6 Å². The molecule has 4 heteroatoms. The Bertz CT molecular complexity index is 601. The van der Waals surface area contributed by atoms with E-state index in [0.29, 0.717) is 17.3 Å². The average Bonchev–Trinajstić information content (AvgIpc) is 2.41. The van der Waals surface area contributed by atoms with Crippen molar-refractivity contribution in [1.29, 1.82) is 0 Å². The summed E-state index contributed by atoms with van der Waals surface area (Å²) in [6.07, 6.45) is 0. The van der Waals surface area contributed by atoms with Crippen LogP contribution in [0.1, 0.15) is 6.92 Å². The van der Waals surface area contributed by atoms with Gasteiger partial charge >= 0.3 is 0 Å². The third-order valence-electron chi connectivity index (χ3n) is 2.50. The van der Waals surface area contributed by atoms with Crippen molar-refractivity contribution in [3.05, 3.63) is 54.6 Å². The first-order chi connectivity index (χ1) is 8.64. The summed E-state index contributed by atoms with van der Waals surface area (Å²) in [4.78, 5) is 0.575. The van der Waals surface area contributed by atoms with E-state index in [9.17, 15) is 8.42 Å². The van der Waals surface area contributed by atoms with Crippen molar-refractivity contribution in [2.75, 3.05) is 6.61 Å². The quantitative estimate of drug-likeness (QED) is 0.851. The molecule has 0 aliphatic rings. The van der Waals surface area contributed by atoms with Gasteiger partial charge in [0.05, 0.1) is 16.4 Å². The van der Waals surface area contributed by atoms with Crippen LogP contribution in [0.2, 0.25) is 0 Å². The highest BCUT2D eigenvalue weighted by molar-refractivity contribution is 7.91. The van der Waals surface area contributed by atoms with Gasteiger partial charge in [0.2, 0.25) is 9.84 Å². The number of rotatable bonds is 4. The van der Waals surface area contributed by atoms with Gasteiger partial charge in [-0.05, 0) is 43.3 Å². The summed E-state index contributed by atoms with van der Waals surface area (Å²) in [5.74, 6) is 0.671. The lowest BCUT2D eigenvalue weighted by atomic mass is 10.3. The molecule has 0 saturated heterocycles. The van der Waals surface area contributed by atoms with Crippen LogP contribution >= 0.6 is 0 Å². The Labute approximate surface area is 107 Å². The molecule has 0 bridgehead atoms. The normalized spacial score (nSPS) is 11.2. The average molecular weight is 262 g/mol. The SMILES string of the molecule is CCOc1ccc(S(=O)(=O)c2ccccc2)cc1. The zero-order chi connectivity index (χ0) is 13.0. The number of benzene rings is 2. The van der Waals surface area contributed by atoms with E-state index in [1.165, 1.54) is 0 Å². The van der Waals surface area contributed by atoms with E-state index in [0.717, 1.165) is 0 Å². The largest absolute Gasteiger partial charge is 0.494 e. The van der Waals surface area contributed by atoms with Crippen LogP contribution in [0.15, 0.2) is 64.4 Å². The maximum Gasteiger partial charge on any atom is 0.206 e. The lowest BCUT2D eigenvalue weighted by molar-refractivity contribution is 0.340. The topological polar surface area (TPSA) is 43.4 Å². The molecule has 3 nitrogen and oxygen atoms in total. The molecule has 0 fully saturated rings. The van der Waals surface area contributed by atoms with Crippen molar-refractivity contribution in [2.24, 2.45) is 0 Å². The number of hydrogen-bond donors (Lipinski definition) is 0. The Kier molecular flexibility index (Phi) is 3.67. The van der Waals surface area contributed by atoms with Gasteiger partial charge < -0.3 is 4.74 Å². The van der Waals surface area contributed by atoms with E-state index in [2.05, 4.69) is 0 Å². The van der Waals surface area contributed by atoms with Crippen LogP contribution in [0.5, 0.6) is 5.75 Å². The van der Waals surface area contributed by atoms with Gasteiger partial charge in [-0.15, -0.1) is 0 Å². The summed E-state index contributed by atoms with van der Waals surface area (Å²) >= 11 is 0. The molecular weight excluding hydrogens is 248 g/mol. The maximum atomic E-state index is 12.3. The zero-order valence-electron chi connectivity index (χ0n) is 10.0. The van der Waals surface area contributed by atoms with Gasteiger partial charge in [0, 0.05) is 0 Å². The van der Waals surface area contributed by atoms with Crippen molar-refractivity contribution < 1.29 is 13.2 Å². The summed E-state index contributed by atoms with van der Waals surface area (Å²) in [7, 11) is -3.43. The Morgan fingerprint density at radius 3 is 2.00 bits per heavy atom. The third kappa shape index (κ3) is 2.54. The molecule has 0 amide bonds. The molecule has 0 heterocycles. The summed E-state index contributed by atoms with van der Waals surface area (Å²) in [5, 5.41) is 0. The first-order valence-corrected chi connectivity index (χ1v) is 7.16. The predicted molar refractivity (Wildman–Crippen MR) is 69.5 cm³/mol. The van der Waals surface area contributed by atoms with E-state index < -0.39 is 9.84 Å². The molecule has 0 N–H and O–H groups in total. The fourth-order valence-corrected chi connectivity index (χ4v) is 2.90. The minimum Gasteiger partial charge on any atom is -0.494 e. The first-order valence-electron chi connectivity index (χ1n) is 5.67. The van der Waals surface area contributed by atoms with Gasteiger partial charge in [-0.2, -0.15) is 0 Å². The third-order valence-corrected chi connectivity index (χ3v) is 4.28. The summed E-state index contributed by atoms with van der Waals surface area (Å²) in [6, 6.07) is 14.8. The van der Waals surface area contributed by atoms with Crippen molar-refractivity contribution in [3.8, 4) is 5.75 Å². The molecular formula is C14H14O3S. The van der Waals surface area contributed by atoms with Crippen LogP contribution in [0.4, 0.5) is 0 Å². The summed E-state index contributed by atoms with van der Waals surface area (Å²) < 4.78 is 29.8. The van der Waals surface area contributed by atoms with E-state index in [4.69, 9.17) is 4.74 Å². The molecule has 0 saturated carbocycles. The second-order valence-corrected chi connectivity index (χ2v) is 5.67. The fourth-order valence-electron chi connectivity index (χ4n) is 1.62. The molecule has 18 heavy (non-hydrogen) atoms. The minimum absolute atomic E-state index is 0.275. The number of sulfone groups is 1. The molecule has 2 aromatic rings. The molecule has 2 aromatic carbocycles. The monoisotopic (exact) mass is 262 g/mol. The first kappa shape index (κ1) is 12.6. The highest BCUT2D eigenvalue weighted by Crippen LogP contribution is 2.22. The van der Waals surface area contributed by atoms with E-state index in [-0.39, 0.29) is 4.90 Å². The molecule has 94 valence electrons. The standard InChI is InChI=1S/C14H14O3S/c1-2-17-12-8-10-14(11-9-12)18(15,16)13-6-4-3-5-7-13/h3-11H,2H2,1H3. The Hall–Kier alpha value is -1.81. The molecule has 0 atom stereocenters. The van der Waals surface area contributed by atoms with Crippen LogP contribution in [-0.2, 0) is 9.84 Å². The number of hydrogen-bond acceptors (Lipinski definition) is 3. The highest BCUT2D eigenvalue weighted by Gasteiger charge is 2.16. The fraction of sp³-hybridized carbons (Fsp3) is 0.143. The second kappa shape index (κ2) is 5.23. The van der Waals surface area contributed by atoms with Crippen LogP contribution in [-0.4, -0.2) is 15.0 Å². The molecule has 0 spiro atoms. The lowest BCUT2D eigenvalue weighted by Crippen LogP contribution is -2.01. The lowest BCUT2D eigenvalue weighted by Gasteiger charge is -2.06. The van der Waals surface area contributed by atoms with Gasteiger partial charge in [-0.1, -0.05) is 18.2 Å².